The molecule has 0 aromatic carbocycles. The Morgan fingerprint density at radius 3 is 2.63 bits per heavy atom. The standard InChI is InChI=1S/C14H27N3O2/c1-13(2,17-8-6-15-7-9-17)12(18)16-14(3)5-4-10-19-11-14/h15H,4-11H2,1-3H3,(H,16,18). The summed E-state index contributed by atoms with van der Waals surface area (Å²) < 4.78 is 5.51. The van der Waals surface area contributed by atoms with E-state index in [4.69, 9.17) is 4.74 Å². The van der Waals surface area contributed by atoms with Crippen molar-refractivity contribution in [2.24, 2.45) is 0 Å². The molecule has 1 unspecified atom stereocenters. The Morgan fingerprint density at radius 2 is 2.05 bits per heavy atom. The Hall–Kier alpha value is -0.650. The second kappa shape index (κ2) is 5.77. The minimum absolute atomic E-state index is 0.113. The van der Waals surface area contributed by atoms with Gasteiger partial charge < -0.3 is 15.4 Å². The van der Waals surface area contributed by atoms with E-state index in [0.29, 0.717) is 6.61 Å². The van der Waals surface area contributed by atoms with E-state index in [1.54, 1.807) is 0 Å². The molecule has 2 aliphatic rings. The lowest BCUT2D eigenvalue weighted by molar-refractivity contribution is -0.135. The SMILES string of the molecule is CC1(NC(=O)C(C)(C)N2CCNCC2)CCCOC1. The van der Waals surface area contributed by atoms with Crippen molar-refractivity contribution in [1.82, 2.24) is 15.5 Å². The van der Waals surface area contributed by atoms with E-state index in [1.807, 2.05) is 13.8 Å². The van der Waals surface area contributed by atoms with Gasteiger partial charge in [0.15, 0.2) is 0 Å². The van der Waals surface area contributed by atoms with E-state index >= 15 is 0 Å². The molecule has 0 bridgehead atoms. The number of nitrogens with one attached hydrogen (secondary N) is 2. The van der Waals surface area contributed by atoms with Crippen LogP contribution >= 0.6 is 0 Å². The quantitative estimate of drug-likeness (QED) is 0.776. The molecule has 5 heteroatoms. The van der Waals surface area contributed by atoms with Crippen LogP contribution in [0.1, 0.15) is 33.6 Å². The number of hydrogen-bond donors (Lipinski definition) is 2. The Balaban J connectivity index is 1.97. The number of ether oxygens (including phenoxy) is 1. The van der Waals surface area contributed by atoms with E-state index in [2.05, 4.69) is 22.5 Å². The first-order chi connectivity index (χ1) is 8.94. The summed E-state index contributed by atoms with van der Waals surface area (Å²) >= 11 is 0. The van der Waals surface area contributed by atoms with Gasteiger partial charge >= 0.3 is 0 Å². The molecule has 2 aliphatic heterocycles. The largest absolute Gasteiger partial charge is 0.379 e. The summed E-state index contributed by atoms with van der Waals surface area (Å²) in [5, 5.41) is 6.53. The molecule has 1 atom stereocenters. The summed E-state index contributed by atoms with van der Waals surface area (Å²) in [7, 11) is 0. The number of rotatable bonds is 3. The van der Waals surface area contributed by atoms with Gasteiger partial charge in [-0.2, -0.15) is 0 Å². The highest BCUT2D eigenvalue weighted by Gasteiger charge is 2.39. The van der Waals surface area contributed by atoms with Crippen LogP contribution in [0.2, 0.25) is 0 Å². The van der Waals surface area contributed by atoms with Crippen LogP contribution in [0.3, 0.4) is 0 Å². The minimum Gasteiger partial charge on any atom is -0.379 e. The van der Waals surface area contributed by atoms with Crippen molar-refractivity contribution in [3.8, 4) is 0 Å². The molecule has 5 nitrogen and oxygen atoms in total. The second-order valence-corrected chi connectivity index (χ2v) is 6.47. The van der Waals surface area contributed by atoms with Gasteiger partial charge in [0.1, 0.15) is 0 Å². The molecule has 0 aliphatic carbocycles. The van der Waals surface area contributed by atoms with Gasteiger partial charge in [-0.25, -0.2) is 0 Å². The molecule has 2 fully saturated rings. The van der Waals surface area contributed by atoms with E-state index in [9.17, 15) is 4.79 Å². The van der Waals surface area contributed by atoms with Crippen molar-refractivity contribution in [3.05, 3.63) is 0 Å². The normalized spacial score (nSPS) is 30.1. The lowest BCUT2D eigenvalue weighted by Crippen LogP contribution is -2.64. The van der Waals surface area contributed by atoms with Gasteiger partial charge in [-0.15, -0.1) is 0 Å². The zero-order valence-corrected chi connectivity index (χ0v) is 12.4. The van der Waals surface area contributed by atoms with Crippen LogP contribution in [0, 0.1) is 0 Å². The molecule has 2 heterocycles. The molecule has 0 aromatic rings. The van der Waals surface area contributed by atoms with Gasteiger partial charge in [0, 0.05) is 32.8 Å². The highest BCUT2D eigenvalue weighted by molar-refractivity contribution is 5.86. The second-order valence-electron chi connectivity index (χ2n) is 6.47. The summed E-state index contributed by atoms with van der Waals surface area (Å²) in [5.41, 5.74) is -0.663. The zero-order valence-electron chi connectivity index (χ0n) is 12.4. The van der Waals surface area contributed by atoms with Crippen LogP contribution in [-0.4, -0.2) is 61.3 Å². The van der Waals surface area contributed by atoms with Crippen LogP contribution in [0.5, 0.6) is 0 Å². The van der Waals surface area contributed by atoms with Gasteiger partial charge in [-0.1, -0.05) is 0 Å². The first-order valence-electron chi connectivity index (χ1n) is 7.30. The molecular weight excluding hydrogens is 242 g/mol. The molecule has 19 heavy (non-hydrogen) atoms. The molecule has 0 saturated carbocycles. The first kappa shape index (κ1) is 14.8. The fourth-order valence-corrected chi connectivity index (χ4v) is 2.83. The van der Waals surface area contributed by atoms with E-state index in [0.717, 1.165) is 45.6 Å². The van der Waals surface area contributed by atoms with Crippen LogP contribution in [0.25, 0.3) is 0 Å². The average Bonchev–Trinajstić information content (AvgIpc) is 2.40. The summed E-state index contributed by atoms with van der Waals surface area (Å²) in [6.07, 6.45) is 2.02. The van der Waals surface area contributed by atoms with E-state index in [-0.39, 0.29) is 11.4 Å². The molecule has 2 rings (SSSR count). The minimum atomic E-state index is -0.456. The molecule has 1 amide bonds. The summed E-state index contributed by atoms with van der Waals surface area (Å²) in [6, 6.07) is 0. The number of piperazine rings is 1. The van der Waals surface area contributed by atoms with Crippen LogP contribution < -0.4 is 10.6 Å². The van der Waals surface area contributed by atoms with E-state index < -0.39 is 5.54 Å². The van der Waals surface area contributed by atoms with Crippen LogP contribution in [0.15, 0.2) is 0 Å². The smallest absolute Gasteiger partial charge is 0.240 e. The lowest BCUT2D eigenvalue weighted by Gasteiger charge is -2.43. The van der Waals surface area contributed by atoms with Crippen molar-refractivity contribution in [1.29, 1.82) is 0 Å². The third kappa shape index (κ3) is 3.46. The van der Waals surface area contributed by atoms with Gasteiger partial charge in [-0.3, -0.25) is 9.69 Å². The highest BCUT2D eigenvalue weighted by Crippen LogP contribution is 2.22. The molecule has 110 valence electrons. The first-order valence-corrected chi connectivity index (χ1v) is 7.30. The van der Waals surface area contributed by atoms with Crippen molar-refractivity contribution in [2.45, 2.75) is 44.7 Å². The third-order valence-electron chi connectivity index (χ3n) is 4.32. The van der Waals surface area contributed by atoms with Crippen molar-refractivity contribution >= 4 is 5.91 Å². The third-order valence-corrected chi connectivity index (χ3v) is 4.32. The highest BCUT2D eigenvalue weighted by atomic mass is 16.5. The molecule has 2 N–H and O–H groups in total. The molecule has 0 aromatic heterocycles. The van der Waals surface area contributed by atoms with Gasteiger partial charge in [0.05, 0.1) is 17.7 Å². The Morgan fingerprint density at radius 1 is 1.37 bits per heavy atom. The average molecular weight is 269 g/mol. The number of amides is 1. The Labute approximate surface area is 116 Å². The molecular formula is C14H27N3O2. The van der Waals surface area contributed by atoms with Crippen LogP contribution in [-0.2, 0) is 9.53 Å². The summed E-state index contributed by atoms with van der Waals surface area (Å²) in [4.78, 5) is 14.9. The summed E-state index contributed by atoms with van der Waals surface area (Å²) in [6.45, 7) is 11.3. The van der Waals surface area contributed by atoms with Gasteiger partial charge in [0.2, 0.25) is 5.91 Å². The van der Waals surface area contributed by atoms with E-state index in [1.165, 1.54) is 0 Å². The molecule has 0 radical (unpaired) electrons. The van der Waals surface area contributed by atoms with Crippen molar-refractivity contribution in [3.63, 3.8) is 0 Å². The molecule has 2 saturated heterocycles. The molecule has 0 spiro atoms. The van der Waals surface area contributed by atoms with Crippen molar-refractivity contribution in [2.75, 3.05) is 39.4 Å². The maximum atomic E-state index is 12.6. The maximum absolute atomic E-state index is 12.6. The number of carbonyl (C=O) groups is 1. The predicted molar refractivity (Wildman–Crippen MR) is 75.1 cm³/mol. The fourth-order valence-electron chi connectivity index (χ4n) is 2.83. The monoisotopic (exact) mass is 269 g/mol. The number of nitrogens with zero attached hydrogens (tertiary/aromatic N) is 1. The Bertz CT molecular complexity index is 319. The van der Waals surface area contributed by atoms with Crippen molar-refractivity contribution < 1.29 is 9.53 Å². The lowest BCUT2D eigenvalue weighted by atomic mass is 9.92. The van der Waals surface area contributed by atoms with Gasteiger partial charge in [-0.05, 0) is 33.6 Å². The zero-order chi connectivity index (χ0) is 13.9. The number of hydrogen-bond acceptors (Lipinski definition) is 4. The predicted octanol–water partition coefficient (Wildman–Crippen LogP) is 0.356. The summed E-state index contributed by atoms with van der Waals surface area (Å²) in [5.74, 6) is 0.113. The topological polar surface area (TPSA) is 53.6 Å². The van der Waals surface area contributed by atoms with Crippen LogP contribution in [0.4, 0.5) is 0 Å². The van der Waals surface area contributed by atoms with Gasteiger partial charge in [0.25, 0.3) is 0 Å². The maximum Gasteiger partial charge on any atom is 0.240 e. The number of carbonyl (C=O) groups excluding carboxylic acids is 1. The fraction of sp³-hybridized carbons (Fsp3) is 0.929. The Kier molecular flexibility index (Phi) is 4.48.